The number of rotatable bonds is 9. The molecule has 0 fully saturated rings. The Kier molecular flexibility index (Phi) is 8.54. The number of hydrogen-bond donors (Lipinski definition) is 1. The second-order valence-electron chi connectivity index (χ2n) is 6.05. The van der Waals surface area contributed by atoms with Crippen LogP contribution in [0.15, 0.2) is 34.8 Å². The zero-order valence-electron chi connectivity index (χ0n) is 15.1. The summed E-state index contributed by atoms with van der Waals surface area (Å²) in [5, 5.41) is 14.0. The highest BCUT2D eigenvalue weighted by Gasteiger charge is 2.16. The first-order valence-electron chi connectivity index (χ1n) is 8.70. The summed E-state index contributed by atoms with van der Waals surface area (Å²) in [6.45, 7) is 2.63. The van der Waals surface area contributed by atoms with Crippen LogP contribution in [0.25, 0.3) is 0 Å². The quantitative estimate of drug-likeness (QED) is 0.236. The Morgan fingerprint density at radius 1 is 1.18 bits per heavy atom. The molecule has 0 spiro atoms. The molecule has 1 amide bonds. The number of nitro benzene ring substituents is 1. The molecule has 0 aromatic heterocycles. The lowest BCUT2D eigenvalue weighted by Gasteiger charge is -2.12. The van der Waals surface area contributed by atoms with Gasteiger partial charge in [0.25, 0.3) is 11.6 Å². The Labute approximate surface area is 181 Å². The number of carbonyl (C=O) groups is 1. The highest BCUT2D eigenvalue weighted by Crippen LogP contribution is 2.35. The Morgan fingerprint density at radius 2 is 1.86 bits per heavy atom. The molecule has 28 heavy (non-hydrogen) atoms. The summed E-state index contributed by atoms with van der Waals surface area (Å²) in [5.41, 5.74) is 0.550. The average Bonchev–Trinajstić information content (AvgIpc) is 2.64. The number of nitrogens with zero attached hydrogens (tertiary/aromatic N) is 1. The minimum absolute atomic E-state index is 0.0867. The molecule has 1 N–H and O–H groups in total. The third kappa shape index (κ3) is 6.09. The number of nitro groups is 1. The van der Waals surface area contributed by atoms with Gasteiger partial charge < -0.3 is 10.1 Å². The molecule has 0 saturated carbocycles. The zero-order valence-corrected chi connectivity index (χ0v) is 18.2. The lowest BCUT2D eigenvalue weighted by atomic mass is 10.2. The summed E-state index contributed by atoms with van der Waals surface area (Å²) in [4.78, 5) is 22.8. The first kappa shape index (κ1) is 22.5. The molecule has 0 aliphatic carbocycles. The van der Waals surface area contributed by atoms with E-state index in [0.717, 1.165) is 25.7 Å². The standard InChI is InChI=1S/C19H19BrCl2N2O4/c1-2-3-4-5-8-28-18-15(21)9-12(10-16(18)22)19(25)23-17-7-6-13(24(26)27)11-14(17)20/h6-7,9-11H,2-5,8H2,1H3,(H,23,25). The summed E-state index contributed by atoms with van der Waals surface area (Å²) in [7, 11) is 0. The average molecular weight is 490 g/mol. The molecule has 150 valence electrons. The van der Waals surface area contributed by atoms with Crippen molar-refractivity contribution >= 4 is 56.4 Å². The smallest absolute Gasteiger partial charge is 0.270 e. The first-order valence-corrected chi connectivity index (χ1v) is 10.3. The second-order valence-corrected chi connectivity index (χ2v) is 7.72. The molecular weight excluding hydrogens is 471 g/mol. The van der Waals surface area contributed by atoms with Gasteiger partial charge in [-0.15, -0.1) is 0 Å². The van der Waals surface area contributed by atoms with E-state index in [0.29, 0.717) is 22.5 Å². The highest BCUT2D eigenvalue weighted by atomic mass is 79.9. The number of ether oxygens (including phenoxy) is 1. The Morgan fingerprint density at radius 3 is 2.43 bits per heavy atom. The minimum atomic E-state index is -0.517. The van der Waals surface area contributed by atoms with Crippen molar-refractivity contribution in [3.63, 3.8) is 0 Å². The van der Waals surface area contributed by atoms with E-state index in [9.17, 15) is 14.9 Å². The van der Waals surface area contributed by atoms with Crippen molar-refractivity contribution in [3.8, 4) is 5.75 Å². The maximum atomic E-state index is 12.5. The van der Waals surface area contributed by atoms with Crippen LogP contribution in [0.4, 0.5) is 11.4 Å². The number of hydrogen-bond acceptors (Lipinski definition) is 4. The van der Waals surface area contributed by atoms with Gasteiger partial charge in [-0.05, 0) is 40.5 Å². The Balaban J connectivity index is 2.09. The van der Waals surface area contributed by atoms with Gasteiger partial charge in [0.05, 0.1) is 27.3 Å². The molecule has 0 aliphatic heterocycles. The van der Waals surface area contributed by atoms with Crippen molar-refractivity contribution in [2.24, 2.45) is 0 Å². The van der Waals surface area contributed by atoms with Gasteiger partial charge >= 0.3 is 0 Å². The zero-order chi connectivity index (χ0) is 20.7. The topological polar surface area (TPSA) is 81.5 Å². The summed E-state index contributed by atoms with van der Waals surface area (Å²) in [5.74, 6) is -0.0965. The van der Waals surface area contributed by atoms with E-state index >= 15 is 0 Å². The van der Waals surface area contributed by atoms with Crippen molar-refractivity contribution in [2.75, 3.05) is 11.9 Å². The van der Waals surface area contributed by atoms with Gasteiger partial charge in [-0.25, -0.2) is 0 Å². The van der Waals surface area contributed by atoms with Crippen molar-refractivity contribution in [1.29, 1.82) is 0 Å². The molecule has 0 saturated heterocycles. The number of nitrogens with one attached hydrogen (secondary N) is 1. The number of halogens is 3. The van der Waals surface area contributed by atoms with Gasteiger partial charge in [-0.2, -0.15) is 0 Å². The molecule has 0 heterocycles. The van der Waals surface area contributed by atoms with Crippen molar-refractivity contribution in [3.05, 3.63) is 60.5 Å². The maximum Gasteiger partial charge on any atom is 0.270 e. The monoisotopic (exact) mass is 488 g/mol. The van der Waals surface area contributed by atoms with Crippen LogP contribution in [0.1, 0.15) is 43.0 Å². The summed E-state index contributed by atoms with van der Waals surface area (Å²) >= 11 is 15.7. The van der Waals surface area contributed by atoms with Gasteiger partial charge in [0.1, 0.15) is 0 Å². The molecule has 2 aromatic rings. The number of amides is 1. The molecule has 2 aromatic carbocycles. The number of carbonyl (C=O) groups excluding carboxylic acids is 1. The van der Waals surface area contributed by atoms with Crippen LogP contribution >= 0.6 is 39.1 Å². The van der Waals surface area contributed by atoms with Gasteiger partial charge in [-0.1, -0.05) is 49.4 Å². The summed E-state index contributed by atoms with van der Waals surface area (Å²) < 4.78 is 6.04. The second kappa shape index (κ2) is 10.6. The highest BCUT2D eigenvalue weighted by molar-refractivity contribution is 9.10. The van der Waals surface area contributed by atoms with E-state index in [1.54, 1.807) is 0 Å². The number of unbranched alkanes of at least 4 members (excludes halogenated alkanes) is 3. The van der Waals surface area contributed by atoms with E-state index in [1.807, 2.05) is 0 Å². The predicted molar refractivity (Wildman–Crippen MR) is 115 cm³/mol. The molecule has 0 radical (unpaired) electrons. The molecule has 0 unspecified atom stereocenters. The van der Waals surface area contributed by atoms with Crippen LogP contribution in [0, 0.1) is 10.1 Å². The fourth-order valence-electron chi connectivity index (χ4n) is 2.45. The van der Waals surface area contributed by atoms with Gasteiger partial charge in [-0.3, -0.25) is 14.9 Å². The van der Waals surface area contributed by atoms with Crippen LogP contribution in [-0.2, 0) is 0 Å². The molecular formula is C19H19BrCl2N2O4. The predicted octanol–water partition coefficient (Wildman–Crippen LogP) is 6.88. The van der Waals surface area contributed by atoms with E-state index in [2.05, 4.69) is 28.2 Å². The largest absolute Gasteiger partial charge is 0.490 e. The lowest BCUT2D eigenvalue weighted by molar-refractivity contribution is -0.384. The van der Waals surface area contributed by atoms with E-state index in [4.69, 9.17) is 27.9 Å². The fraction of sp³-hybridized carbons (Fsp3) is 0.316. The van der Waals surface area contributed by atoms with Crippen LogP contribution in [0.2, 0.25) is 10.0 Å². The Hall–Kier alpha value is -1.83. The number of benzene rings is 2. The fourth-order valence-corrected chi connectivity index (χ4v) is 3.51. The van der Waals surface area contributed by atoms with Gasteiger partial charge in [0.2, 0.25) is 0 Å². The van der Waals surface area contributed by atoms with Crippen LogP contribution in [-0.4, -0.2) is 17.4 Å². The third-order valence-electron chi connectivity index (χ3n) is 3.92. The maximum absolute atomic E-state index is 12.5. The van der Waals surface area contributed by atoms with E-state index < -0.39 is 10.8 Å². The Bertz CT molecular complexity index is 854. The number of anilines is 1. The van der Waals surface area contributed by atoms with Crippen molar-refractivity contribution in [1.82, 2.24) is 0 Å². The summed E-state index contributed by atoms with van der Waals surface area (Å²) in [6.07, 6.45) is 4.24. The van der Waals surface area contributed by atoms with E-state index in [-0.39, 0.29) is 21.3 Å². The SMILES string of the molecule is CCCCCCOc1c(Cl)cc(C(=O)Nc2ccc([N+](=O)[O-])cc2Br)cc1Cl. The van der Waals surface area contributed by atoms with Crippen molar-refractivity contribution < 1.29 is 14.5 Å². The molecule has 0 bridgehead atoms. The van der Waals surface area contributed by atoms with Gasteiger partial charge in [0.15, 0.2) is 5.75 Å². The van der Waals surface area contributed by atoms with Crippen LogP contribution < -0.4 is 10.1 Å². The van der Waals surface area contributed by atoms with Crippen molar-refractivity contribution in [2.45, 2.75) is 32.6 Å². The molecule has 0 atom stereocenters. The molecule has 2 rings (SSSR count). The van der Waals surface area contributed by atoms with Crippen LogP contribution in [0.5, 0.6) is 5.75 Å². The van der Waals surface area contributed by atoms with Crippen LogP contribution in [0.3, 0.4) is 0 Å². The lowest BCUT2D eigenvalue weighted by Crippen LogP contribution is -2.12. The molecule has 6 nitrogen and oxygen atoms in total. The first-order chi connectivity index (χ1) is 13.3. The molecule has 9 heteroatoms. The summed E-state index contributed by atoms with van der Waals surface area (Å²) in [6, 6.07) is 7.00. The third-order valence-corrected chi connectivity index (χ3v) is 5.13. The van der Waals surface area contributed by atoms with Gasteiger partial charge in [0, 0.05) is 22.2 Å². The minimum Gasteiger partial charge on any atom is -0.490 e. The van der Waals surface area contributed by atoms with E-state index in [1.165, 1.54) is 30.3 Å². The number of non-ortho nitro benzene ring substituents is 1. The molecule has 0 aliphatic rings. The normalized spacial score (nSPS) is 10.6.